The Morgan fingerprint density at radius 1 is 0.769 bits per heavy atom. The predicted molar refractivity (Wildman–Crippen MR) is 102 cm³/mol. The van der Waals surface area contributed by atoms with Gasteiger partial charge in [-0.15, -0.1) is 0 Å². The summed E-state index contributed by atoms with van der Waals surface area (Å²) in [5.41, 5.74) is 2.27. The minimum atomic E-state index is -0.323. The van der Waals surface area contributed by atoms with E-state index in [0.717, 1.165) is 24.0 Å². The number of rotatable bonds is 7. The van der Waals surface area contributed by atoms with Crippen molar-refractivity contribution in [2.45, 2.75) is 52.4 Å². The maximum Gasteiger partial charge on any atom is 0.308 e. The number of hydrogen-bond acceptors (Lipinski definition) is 4. The Kier molecular flexibility index (Phi) is 6.96. The van der Waals surface area contributed by atoms with E-state index < -0.39 is 0 Å². The normalized spacial score (nSPS) is 12.9. The SMILES string of the molecule is CC[C@@H](c1cccc(OC(C)=O)c1)[C@@H](CC)c1cccc(OC(C)=O)c1. The molecule has 0 aliphatic heterocycles. The van der Waals surface area contributed by atoms with Gasteiger partial charge in [0.2, 0.25) is 0 Å². The second kappa shape index (κ2) is 9.18. The Hall–Kier alpha value is -2.62. The molecule has 0 amide bonds. The molecule has 0 unspecified atom stereocenters. The fourth-order valence-corrected chi connectivity index (χ4v) is 3.45. The first-order valence-corrected chi connectivity index (χ1v) is 9.01. The summed E-state index contributed by atoms with van der Waals surface area (Å²) in [7, 11) is 0. The Morgan fingerprint density at radius 3 is 1.46 bits per heavy atom. The molecule has 0 radical (unpaired) electrons. The number of ether oxygens (including phenoxy) is 2. The summed E-state index contributed by atoms with van der Waals surface area (Å²) in [6, 6.07) is 15.4. The third-order valence-electron chi connectivity index (χ3n) is 4.46. The van der Waals surface area contributed by atoms with E-state index in [0.29, 0.717) is 11.5 Å². The summed E-state index contributed by atoms with van der Waals surface area (Å²) in [5.74, 6) is 1.02. The zero-order valence-corrected chi connectivity index (χ0v) is 15.8. The minimum absolute atomic E-state index is 0.267. The largest absolute Gasteiger partial charge is 0.427 e. The van der Waals surface area contributed by atoms with Crippen LogP contribution >= 0.6 is 0 Å². The van der Waals surface area contributed by atoms with Gasteiger partial charge in [-0.25, -0.2) is 0 Å². The summed E-state index contributed by atoms with van der Waals surface area (Å²) in [4.78, 5) is 22.5. The molecule has 138 valence electrons. The Morgan fingerprint density at radius 2 is 1.15 bits per heavy atom. The van der Waals surface area contributed by atoms with E-state index in [9.17, 15) is 9.59 Å². The van der Waals surface area contributed by atoms with Crippen LogP contribution < -0.4 is 9.47 Å². The van der Waals surface area contributed by atoms with Gasteiger partial charge in [0.1, 0.15) is 11.5 Å². The molecule has 2 rings (SSSR count). The van der Waals surface area contributed by atoms with Gasteiger partial charge in [-0.1, -0.05) is 38.1 Å². The highest BCUT2D eigenvalue weighted by molar-refractivity contribution is 5.69. The number of carbonyl (C=O) groups excluding carboxylic acids is 2. The van der Waals surface area contributed by atoms with Gasteiger partial charge in [0.05, 0.1) is 0 Å². The quantitative estimate of drug-likeness (QED) is 0.505. The van der Waals surface area contributed by atoms with Crippen molar-refractivity contribution in [3.8, 4) is 11.5 Å². The van der Waals surface area contributed by atoms with E-state index in [1.807, 2.05) is 24.3 Å². The lowest BCUT2D eigenvalue weighted by Gasteiger charge is -2.27. The van der Waals surface area contributed by atoms with Crippen LogP contribution in [0.2, 0.25) is 0 Å². The molecule has 4 nitrogen and oxygen atoms in total. The van der Waals surface area contributed by atoms with Crippen molar-refractivity contribution in [2.75, 3.05) is 0 Å². The van der Waals surface area contributed by atoms with Crippen molar-refractivity contribution < 1.29 is 19.1 Å². The standard InChI is InChI=1S/C22H26O4/c1-5-21(17-9-7-11-19(13-17)25-15(3)23)22(6-2)18-10-8-12-20(14-18)26-16(4)24/h7-14,21-22H,5-6H2,1-4H3/t21-,22-/m0/s1. The maximum atomic E-state index is 11.2. The average Bonchev–Trinajstić information content (AvgIpc) is 2.58. The topological polar surface area (TPSA) is 52.6 Å². The van der Waals surface area contributed by atoms with Gasteiger partial charge in [-0.05, 0) is 60.1 Å². The molecule has 0 saturated heterocycles. The van der Waals surface area contributed by atoms with Gasteiger partial charge in [0, 0.05) is 13.8 Å². The highest BCUT2D eigenvalue weighted by atomic mass is 16.5. The number of benzene rings is 2. The molecule has 26 heavy (non-hydrogen) atoms. The molecule has 0 spiro atoms. The zero-order chi connectivity index (χ0) is 19.1. The maximum absolute atomic E-state index is 11.2. The van der Waals surface area contributed by atoms with Gasteiger partial charge in [0.15, 0.2) is 0 Å². The molecular weight excluding hydrogens is 328 g/mol. The molecule has 2 aromatic rings. The highest BCUT2D eigenvalue weighted by Crippen LogP contribution is 2.39. The van der Waals surface area contributed by atoms with Crippen molar-refractivity contribution in [2.24, 2.45) is 0 Å². The zero-order valence-electron chi connectivity index (χ0n) is 15.8. The third kappa shape index (κ3) is 5.19. The second-order valence-corrected chi connectivity index (χ2v) is 6.36. The van der Waals surface area contributed by atoms with E-state index in [-0.39, 0.29) is 23.8 Å². The van der Waals surface area contributed by atoms with Crippen LogP contribution in [0.15, 0.2) is 48.5 Å². The van der Waals surface area contributed by atoms with E-state index in [1.54, 1.807) is 12.1 Å². The van der Waals surface area contributed by atoms with Gasteiger partial charge in [0.25, 0.3) is 0 Å². The molecule has 0 bridgehead atoms. The Labute approximate surface area is 155 Å². The molecule has 2 atom stereocenters. The van der Waals surface area contributed by atoms with Gasteiger partial charge in [-0.3, -0.25) is 9.59 Å². The van der Waals surface area contributed by atoms with Crippen LogP contribution in [0.5, 0.6) is 11.5 Å². The molecule has 0 aliphatic carbocycles. The first-order valence-electron chi connectivity index (χ1n) is 9.01. The van der Waals surface area contributed by atoms with E-state index in [1.165, 1.54) is 13.8 Å². The van der Waals surface area contributed by atoms with Crippen LogP contribution in [0.25, 0.3) is 0 Å². The lowest BCUT2D eigenvalue weighted by atomic mass is 9.78. The van der Waals surface area contributed by atoms with Crippen molar-refractivity contribution in [1.29, 1.82) is 0 Å². The third-order valence-corrected chi connectivity index (χ3v) is 4.46. The van der Waals surface area contributed by atoms with Crippen LogP contribution in [0.1, 0.15) is 63.5 Å². The van der Waals surface area contributed by atoms with Crippen LogP contribution in [0.3, 0.4) is 0 Å². The summed E-state index contributed by atoms with van der Waals surface area (Å²) in [5, 5.41) is 0. The highest BCUT2D eigenvalue weighted by Gasteiger charge is 2.23. The van der Waals surface area contributed by atoms with Crippen molar-refractivity contribution >= 4 is 11.9 Å². The fourth-order valence-electron chi connectivity index (χ4n) is 3.45. The monoisotopic (exact) mass is 354 g/mol. The van der Waals surface area contributed by atoms with Gasteiger partial charge < -0.3 is 9.47 Å². The predicted octanol–water partition coefficient (Wildman–Crippen LogP) is 5.22. The smallest absolute Gasteiger partial charge is 0.308 e. The van der Waals surface area contributed by atoms with E-state index in [4.69, 9.17) is 9.47 Å². The molecule has 0 fully saturated rings. The molecule has 0 N–H and O–H groups in total. The van der Waals surface area contributed by atoms with E-state index >= 15 is 0 Å². The van der Waals surface area contributed by atoms with Gasteiger partial charge >= 0.3 is 11.9 Å². The van der Waals surface area contributed by atoms with Crippen molar-refractivity contribution in [1.82, 2.24) is 0 Å². The second-order valence-electron chi connectivity index (χ2n) is 6.36. The van der Waals surface area contributed by atoms with E-state index in [2.05, 4.69) is 26.0 Å². The first-order chi connectivity index (χ1) is 12.4. The number of esters is 2. The lowest BCUT2D eigenvalue weighted by molar-refractivity contribution is -0.132. The molecule has 4 heteroatoms. The molecule has 0 aromatic heterocycles. The first kappa shape index (κ1) is 19.7. The molecule has 0 aliphatic rings. The number of carbonyl (C=O) groups is 2. The molecule has 0 heterocycles. The fraction of sp³-hybridized carbons (Fsp3) is 0.364. The van der Waals surface area contributed by atoms with Crippen LogP contribution in [-0.4, -0.2) is 11.9 Å². The number of hydrogen-bond donors (Lipinski definition) is 0. The Balaban J connectivity index is 2.34. The Bertz CT molecular complexity index is 701. The van der Waals surface area contributed by atoms with Crippen molar-refractivity contribution in [3.63, 3.8) is 0 Å². The van der Waals surface area contributed by atoms with Crippen LogP contribution in [0, 0.1) is 0 Å². The summed E-state index contributed by atoms with van der Waals surface area (Å²) in [6.07, 6.45) is 1.89. The molecule has 0 saturated carbocycles. The lowest BCUT2D eigenvalue weighted by Crippen LogP contribution is -2.11. The summed E-state index contributed by atoms with van der Waals surface area (Å²) >= 11 is 0. The summed E-state index contributed by atoms with van der Waals surface area (Å²) in [6.45, 7) is 7.11. The minimum Gasteiger partial charge on any atom is -0.427 e. The molecular formula is C22H26O4. The van der Waals surface area contributed by atoms with Crippen molar-refractivity contribution in [3.05, 3.63) is 59.7 Å². The summed E-state index contributed by atoms with van der Waals surface area (Å²) < 4.78 is 10.5. The molecule has 2 aromatic carbocycles. The van der Waals surface area contributed by atoms with Crippen LogP contribution in [-0.2, 0) is 9.59 Å². The van der Waals surface area contributed by atoms with Gasteiger partial charge in [-0.2, -0.15) is 0 Å². The van der Waals surface area contributed by atoms with Crippen LogP contribution in [0.4, 0.5) is 0 Å². The average molecular weight is 354 g/mol.